The number of anilines is 1. The second-order valence-corrected chi connectivity index (χ2v) is 6.31. The molecule has 0 aromatic heterocycles. The largest absolute Gasteiger partial charge is 0.398 e. The summed E-state index contributed by atoms with van der Waals surface area (Å²) in [7, 11) is 0. The van der Waals surface area contributed by atoms with Crippen molar-refractivity contribution in [3.63, 3.8) is 0 Å². The Kier molecular flexibility index (Phi) is 3.14. The molecule has 2 aliphatic rings. The molecule has 17 heavy (non-hydrogen) atoms. The molecular formula is C14H19BrN2. The normalized spacial score (nSPS) is 28.5. The van der Waals surface area contributed by atoms with Gasteiger partial charge in [-0.1, -0.05) is 28.4 Å². The lowest BCUT2D eigenvalue weighted by atomic mass is 10.0. The molecule has 2 unspecified atom stereocenters. The first-order valence-electron chi connectivity index (χ1n) is 6.49. The van der Waals surface area contributed by atoms with Crippen LogP contribution < -0.4 is 5.73 Å². The summed E-state index contributed by atoms with van der Waals surface area (Å²) < 4.78 is 1.15. The van der Waals surface area contributed by atoms with Crippen LogP contribution in [0.5, 0.6) is 0 Å². The highest BCUT2D eigenvalue weighted by atomic mass is 79.9. The Hall–Kier alpha value is -0.540. The summed E-state index contributed by atoms with van der Waals surface area (Å²) in [4.78, 5) is 2.57. The van der Waals surface area contributed by atoms with Crippen LogP contribution in [0.1, 0.15) is 24.8 Å². The zero-order valence-electron chi connectivity index (χ0n) is 10.0. The van der Waals surface area contributed by atoms with Gasteiger partial charge in [-0.15, -0.1) is 0 Å². The quantitative estimate of drug-likeness (QED) is 0.849. The Bertz CT molecular complexity index is 386. The molecule has 2 N–H and O–H groups in total. The molecule has 1 aliphatic heterocycles. The maximum atomic E-state index is 6.06. The number of benzene rings is 1. The van der Waals surface area contributed by atoms with E-state index in [1.165, 1.54) is 37.9 Å². The van der Waals surface area contributed by atoms with E-state index in [-0.39, 0.29) is 0 Å². The molecule has 92 valence electrons. The first-order chi connectivity index (χ1) is 8.24. The van der Waals surface area contributed by atoms with Gasteiger partial charge in [-0.05, 0) is 36.8 Å². The second kappa shape index (κ2) is 4.62. The molecular weight excluding hydrogens is 276 g/mol. The monoisotopic (exact) mass is 294 g/mol. The van der Waals surface area contributed by atoms with E-state index in [9.17, 15) is 0 Å². The fourth-order valence-electron chi connectivity index (χ4n) is 3.43. The molecule has 1 aromatic rings. The minimum atomic E-state index is 0.913. The van der Waals surface area contributed by atoms with E-state index in [1.54, 1.807) is 0 Å². The summed E-state index contributed by atoms with van der Waals surface area (Å²) in [5.74, 6) is 1.91. The number of hydrogen-bond donors (Lipinski definition) is 1. The number of nitrogens with two attached hydrogens (primary N) is 1. The van der Waals surface area contributed by atoms with Gasteiger partial charge in [0.05, 0.1) is 0 Å². The van der Waals surface area contributed by atoms with Crippen molar-refractivity contribution < 1.29 is 0 Å². The molecule has 2 nitrogen and oxygen atoms in total. The molecule has 1 aromatic carbocycles. The van der Waals surface area contributed by atoms with Gasteiger partial charge < -0.3 is 5.73 Å². The van der Waals surface area contributed by atoms with Crippen LogP contribution in [-0.4, -0.2) is 18.0 Å². The maximum absolute atomic E-state index is 6.06. The zero-order chi connectivity index (χ0) is 11.8. The third-order valence-corrected chi connectivity index (χ3v) is 5.08. The van der Waals surface area contributed by atoms with Crippen LogP contribution in [0, 0.1) is 11.8 Å². The Balaban J connectivity index is 1.72. The summed E-state index contributed by atoms with van der Waals surface area (Å²) in [6, 6.07) is 6.08. The topological polar surface area (TPSA) is 29.3 Å². The van der Waals surface area contributed by atoms with Crippen LogP contribution in [0.4, 0.5) is 5.69 Å². The Morgan fingerprint density at radius 3 is 2.59 bits per heavy atom. The molecule has 1 saturated heterocycles. The van der Waals surface area contributed by atoms with Gasteiger partial charge in [-0.3, -0.25) is 4.90 Å². The van der Waals surface area contributed by atoms with Gasteiger partial charge in [0.25, 0.3) is 0 Å². The van der Waals surface area contributed by atoms with Crippen LogP contribution in [0.2, 0.25) is 0 Å². The van der Waals surface area contributed by atoms with Gasteiger partial charge in [0.15, 0.2) is 0 Å². The lowest BCUT2D eigenvalue weighted by Crippen LogP contribution is -2.22. The van der Waals surface area contributed by atoms with Crippen molar-refractivity contribution in [1.82, 2.24) is 4.90 Å². The highest BCUT2D eigenvalue weighted by molar-refractivity contribution is 9.10. The molecule has 3 heteroatoms. The third-order valence-electron chi connectivity index (χ3n) is 4.34. The lowest BCUT2D eigenvalue weighted by Gasteiger charge is -2.19. The Morgan fingerprint density at radius 2 is 1.94 bits per heavy atom. The molecule has 1 aliphatic carbocycles. The van der Waals surface area contributed by atoms with Gasteiger partial charge in [-0.25, -0.2) is 0 Å². The van der Waals surface area contributed by atoms with E-state index in [2.05, 4.69) is 26.9 Å². The number of hydrogen-bond acceptors (Lipinski definition) is 2. The standard InChI is InChI=1S/C14H19BrN2/c15-13-5-2-6-14(16)12(13)9-17-7-10-3-1-4-11(10)8-17/h2,5-6,10-11H,1,3-4,7-9,16H2. The molecule has 0 spiro atoms. The average Bonchev–Trinajstić information content (AvgIpc) is 2.83. The third kappa shape index (κ3) is 2.23. The minimum Gasteiger partial charge on any atom is -0.398 e. The minimum absolute atomic E-state index is 0.913. The number of nitrogen functional groups attached to an aromatic ring is 1. The number of fused-ring (bicyclic) bond motifs is 1. The lowest BCUT2D eigenvalue weighted by molar-refractivity contribution is 0.303. The first kappa shape index (κ1) is 11.5. The van der Waals surface area contributed by atoms with Crippen molar-refractivity contribution >= 4 is 21.6 Å². The van der Waals surface area contributed by atoms with Crippen LogP contribution in [-0.2, 0) is 6.54 Å². The van der Waals surface area contributed by atoms with Gasteiger partial charge in [0, 0.05) is 35.4 Å². The molecule has 3 rings (SSSR count). The number of nitrogens with zero attached hydrogens (tertiary/aromatic N) is 1. The Morgan fingerprint density at radius 1 is 1.24 bits per heavy atom. The van der Waals surface area contributed by atoms with E-state index >= 15 is 0 Å². The van der Waals surface area contributed by atoms with Crippen molar-refractivity contribution in [2.75, 3.05) is 18.8 Å². The van der Waals surface area contributed by atoms with Crippen molar-refractivity contribution in [3.8, 4) is 0 Å². The second-order valence-electron chi connectivity index (χ2n) is 5.45. The van der Waals surface area contributed by atoms with E-state index in [0.717, 1.165) is 28.5 Å². The van der Waals surface area contributed by atoms with E-state index in [4.69, 9.17) is 5.73 Å². The first-order valence-corrected chi connectivity index (χ1v) is 7.28. The predicted octanol–water partition coefficient (Wildman–Crippen LogP) is 3.26. The summed E-state index contributed by atoms with van der Waals surface area (Å²) in [6.45, 7) is 3.54. The predicted molar refractivity (Wildman–Crippen MR) is 74.7 cm³/mol. The van der Waals surface area contributed by atoms with E-state index in [0.29, 0.717) is 0 Å². The Labute approximate surface area is 111 Å². The summed E-state index contributed by atoms with van der Waals surface area (Å²) in [6.07, 6.45) is 4.32. The van der Waals surface area contributed by atoms with Gasteiger partial charge in [0.1, 0.15) is 0 Å². The SMILES string of the molecule is Nc1cccc(Br)c1CN1CC2CCCC2C1. The molecule has 0 bridgehead atoms. The molecule has 2 fully saturated rings. The van der Waals surface area contributed by atoms with Crippen LogP contribution in [0.3, 0.4) is 0 Å². The average molecular weight is 295 g/mol. The van der Waals surface area contributed by atoms with Crippen LogP contribution in [0.15, 0.2) is 22.7 Å². The van der Waals surface area contributed by atoms with Crippen LogP contribution >= 0.6 is 15.9 Å². The smallest absolute Gasteiger partial charge is 0.0371 e. The molecule has 2 atom stereocenters. The highest BCUT2D eigenvalue weighted by Crippen LogP contribution is 2.38. The number of likely N-dealkylation sites (tertiary alicyclic amines) is 1. The summed E-state index contributed by atoms with van der Waals surface area (Å²) >= 11 is 3.61. The maximum Gasteiger partial charge on any atom is 0.0371 e. The van der Waals surface area contributed by atoms with Crippen molar-refractivity contribution in [2.45, 2.75) is 25.8 Å². The van der Waals surface area contributed by atoms with E-state index < -0.39 is 0 Å². The molecule has 0 amide bonds. The molecule has 0 radical (unpaired) electrons. The highest BCUT2D eigenvalue weighted by Gasteiger charge is 2.35. The fourth-order valence-corrected chi connectivity index (χ4v) is 3.93. The van der Waals surface area contributed by atoms with Crippen LogP contribution in [0.25, 0.3) is 0 Å². The molecule has 1 heterocycles. The van der Waals surface area contributed by atoms with Crippen molar-refractivity contribution in [2.24, 2.45) is 11.8 Å². The van der Waals surface area contributed by atoms with Crippen molar-refractivity contribution in [3.05, 3.63) is 28.2 Å². The van der Waals surface area contributed by atoms with Crippen molar-refractivity contribution in [1.29, 1.82) is 0 Å². The fraction of sp³-hybridized carbons (Fsp3) is 0.571. The van der Waals surface area contributed by atoms with Gasteiger partial charge in [0.2, 0.25) is 0 Å². The van der Waals surface area contributed by atoms with Gasteiger partial charge in [-0.2, -0.15) is 0 Å². The summed E-state index contributed by atoms with van der Waals surface area (Å²) in [5.41, 5.74) is 8.23. The summed E-state index contributed by atoms with van der Waals surface area (Å²) in [5, 5.41) is 0. The number of halogens is 1. The van der Waals surface area contributed by atoms with Gasteiger partial charge >= 0.3 is 0 Å². The van der Waals surface area contributed by atoms with E-state index in [1.807, 2.05) is 12.1 Å². The molecule has 1 saturated carbocycles. The number of rotatable bonds is 2. The zero-order valence-corrected chi connectivity index (χ0v) is 11.6.